The van der Waals surface area contributed by atoms with Crippen LogP contribution in [0.15, 0.2) is 58.2 Å². The monoisotopic (exact) mass is 480 g/mol. The van der Waals surface area contributed by atoms with Gasteiger partial charge in [0.25, 0.3) is 0 Å². The summed E-state index contributed by atoms with van der Waals surface area (Å²) >= 11 is 1.49. The fourth-order valence-electron chi connectivity index (χ4n) is 3.85. The van der Waals surface area contributed by atoms with Crippen molar-refractivity contribution in [1.82, 2.24) is 29.8 Å². The first kappa shape index (κ1) is 22.7. The number of nitrogens with zero attached hydrogens (tertiary/aromatic N) is 6. The van der Waals surface area contributed by atoms with Gasteiger partial charge in [-0.05, 0) is 36.8 Å². The third kappa shape index (κ3) is 5.19. The van der Waals surface area contributed by atoms with Crippen LogP contribution in [0.5, 0.6) is 0 Å². The number of thioether (sulfide) groups is 1. The Morgan fingerprint density at radius 2 is 1.79 bits per heavy atom. The highest BCUT2D eigenvalue weighted by atomic mass is 32.2. The molecule has 0 bridgehead atoms. The summed E-state index contributed by atoms with van der Waals surface area (Å²) in [5, 5.41) is 13.7. The van der Waals surface area contributed by atoms with Gasteiger partial charge in [-0.1, -0.05) is 41.2 Å². The van der Waals surface area contributed by atoms with Crippen LogP contribution in [0, 0.1) is 12.7 Å². The summed E-state index contributed by atoms with van der Waals surface area (Å²) in [5.74, 6) is 2.00. The number of aryl methyl sites for hydroxylation is 1. The van der Waals surface area contributed by atoms with Crippen LogP contribution < -0.4 is 0 Å². The Balaban J connectivity index is 1.34. The molecule has 176 valence electrons. The number of ether oxygens (including phenoxy) is 1. The topological polar surface area (TPSA) is 82.1 Å². The van der Waals surface area contributed by atoms with E-state index in [-0.39, 0.29) is 5.82 Å². The largest absolute Gasteiger partial charge is 0.379 e. The van der Waals surface area contributed by atoms with Gasteiger partial charge in [0.05, 0.1) is 19.0 Å². The number of aromatic nitrogens is 5. The summed E-state index contributed by atoms with van der Waals surface area (Å²) in [7, 11) is 0. The van der Waals surface area contributed by atoms with Gasteiger partial charge in [0.1, 0.15) is 5.82 Å². The Hall–Kier alpha value is -3.08. The van der Waals surface area contributed by atoms with Crippen molar-refractivity contribution in [2.24, 2.45) is 0 Å². The Morgan fingerprint density at radius 1 is 1.00 bits per heavy atom. The molecule has 1 fully saturated rings. The van der Waals surface area contributed by atoms with Crippen LogP contribution in [0.1, 0.15) is 11.5 Å². The van der Waals surface area contributed by atoms with Crippen LogP contribution in [-0.4, -0.2) is 62.7 Å². The number of hydrogen-bond donors (Lipinski definition) is 0. The lowest BCUT2D eigenvalue weighted by molar-refractivity contribution is 0.0361. The van der Waals surface area contributed by atoms with E-state index in [0.29, 0.717) is 29.8 Å². The maximum Gasteiger partial charge on any atom is 0.237 e. The molecular formula is C24H25FN6O2S. The highest BCUT2D eigenvalue weighted by molar-refractivity contribution is 7.98. The maximum atomic E-state index is 13.5. The van der Waals surface area contributed by atoms with Crippen LogP contribution in [-0.2, 0) is 17.0 Å². The number of hydrogen-bond acceptors (Lipinski definition) is 8. The molecule has 1 saturated heterocycles. The average molecular weight is 481 g/mol. The zero-order valence-corrected chi connectivity index (χ0v) is 19.7. The van der Waals surface area contributed by atoms with E-state index in [2.05, 4.69) is 29.8 Å². The third-order valence-electron chi connectivity index (χ3n) is 5.74. The smallest absolute Gasteiger partial charge is 0.237 e. The zero-order valence-electron chi connectivity index (χ0n) is 18.9. The van der Waals surface area contributed by atoms with Gasteiger partial charge in [0, 0.05) is 37.3 Å². The Bertz CT molecular complexity index is 1240. The lowest BCUT2D eigenvalue weighted by Gasteiger charge is -2.27. The van der Waals surface area contributed by atoms with Gasteiger partial charge in [-0.2, -0.15) is 4.98 Å². The molecule has 0 radical (unpaired) electrons. The fraction of sp³-hybridized carbons (Fsp3) is 0.333. The van der Waals surface area contributed by atoms with Crippen molar-refractivity contribution in [3.63, 3.8) is 0 Å². The second kappa shape index (κ2) is 10.5. The summed E-state index contributed by atoms with van der Waals surface area (Å²) in [4.78, 5) is 6.92. The molecule has 34 heavy (non-hydrogen) atoms. The highest BCUT2D eigenvalue weighted by Crippen LogP contribution is 2.27. The van der Waals surface area contributed by atoms with Gasteiger partial charge < -0.3 is 13.8 Å². The first-order chi connectivity index (χ1) is 16.7. The molecule has 1 aliphatic rings. The maximum absolute atomic E-state index is 13.5. The fourth-order valence-corrected chi connectivity index (χ4v) is 4.65. The van der Waals surface area contributed by atoms with Crippen molar-refractivity contribution in [3.8, 4) is 22.8 Å². The molecule has 5 rings (SSSR count). The molecule has 0 spiro atoms. The van der Waals surface area contributed by atoms with Crippen LogP contribution in [0.25, 0.3) is 22.8 Å². The standard InChI is InChI=1S/C24H25FN6O2S/c1-17-4-2-3-5-20(17)22-26-21(33-29-22)16-34-24-28-27-23(18-6-8-19(25)9-7-18)31(24)11-10-30-12-14-32-15-13-30/h2-9H,10-16H2,1H3. The van der Waals surface area contributed by atoms with E-state index >= 15 is 0 Å². The predicted octanol–water partition coefficient (Wildman–Crippen LogP) is 4.07. The second-order valence-electron chi connectivity index (χ2n) is 8.03. The molecular weight excluding hydrogens is 455 g/mol. The minimum absolute atomic E-state index is 0.279. The summed E-state index contributed by atoms with van der Waals surface area (Å²) in [6.07, 6.45) is 0. The lowest BCUT2D eigenvalue weighted by Crippen LogP contribution is -2.38. The molecule has 4 aromatic rings. The zero-order chi connectivity index (χ0) is 23.3. The first-order valence-corrected chi connectivity index (χ1v) is 12.2. The van der Waals surface area contributed by atoms with Crippen LogP contribution in [0.4, 0.5) is 4.39 Å². The van der Waals surface area contributed by atoms with Crippen molar-refractivity contribution in [2.45, 2.75) is 24.4 Å². The van der Waals surface area contributed by atoms with Gasteiger partial charge in [0.15, 0.2) is 11.0 Å². The average Bonchev–Trinajstić information content (AvgIpc) is 3.50. The van der Waals surface area contributed by atoms with E-state index in [0.717, 1.165) is 54.7 Å². The van der Waals surface area contributed by atoms with Crippen molar-refractivity contribution in [1.29, 1.82) is 0 Å². The van der Waals surface area contributed by atoms with Crippen molar-refractivity contribution in [2.75, 3.05) is 32.8 Å². The predicted molar refractivity (Wildman–Crippen MR) is 127 cm³/mol. The molecule has 1 aliphatic heterocycles. The minimum Gasteiger partial charge on any atom is -0.379 e. The number of morpholine rings is 1. The molecule has 0 amide bonds. The van der Waals surface area contributed by atoms with Gasteiger partial charge in [-0.25, -0.2) is 4.39 Å². The number of rotatable bonds is 8. The van der Waals surface area contributed by atoms with Crippen molar-refractivity contribution < 1.29 is 13.7 Å². The molecule has 0 unspecified atom stereocenters. The van der Waals surface area contributed by atoms with E-state index in [1.54, 1.807) is 12.1 Å². The van der Waals surface area contributed by atoms with E-state index in [9.17, 15) is 4.39 Å². The summed E-state index contributed by atoms with van der Waals surface area (Å²) in [6, 6.07) is 14.3. The third-order valence-corrected chi connectivity index (χ3v) is 6.69. The molecule has 8 nitrogen and oxygen atoms in total. The molecule has 10 heteroatoms. The molecule has 0 aliphatic carbocycles. The SMILES string of the molecule is Cc1ccccc1-c1noc(CSc2nnc(-c3ccc(F)cc3)n2CCN2CCOCC2)n1. The van der Waals surface area contributed by atoms with Gasteiger partial charge >= 0.3 is 0 Å². The lowest BCUT2D eigenvalue weighted by atomic mass is 10.1. The molecule has 2 aromatic carbocycles. The van der Waals surface area contributed by atoms with E-state index < -0.39 is 0 Å². The number of halogens is 1. The molecule has 0 N–H and O–H groups in total. The van der Waals surface area contributed by atoms with E-state index in [4.69, 9.17) is 9.26 Å². The Labute approximate surface area is 201 Å². The quantitative estimate of drug-likeness (QED) is 0.349. The first-order valence-electron chi connectivity index (χ1n) is 11.2. The van der Waals surface area contributed by atoms with Crippen LogP contribution in [0.3, 0.4) is 0 Å². The van der Waals surface area contributed by atoms with Gasteiger partial charge in [0.2, 0.25) is 11.7 Å². The van der Waals surface area contributed by atoms with Crippen molar-refractivity contribution in [3.05, 3.63) is 65.8 Å². The van der Waals surface area contributed by atoms with Crippen LogP contribution in [0.2, 0.25) is 0 Å². The van der Waals surface area contributed by atoms with Crippen LogP contribution >= 0.6 is 11.8 Å². The van der Waals surface area contributed by atoms with Gasteiger partial charge in [-0.15, -0.1) is 10.2 Å². The normalized spacial score (nSPS) is 14.5. The van der Waals surface area contributed by atoms with Crippen molar-refractivity contribution >= 4 is 11.8 Å². The van der Waals surface area contributed by atoms with Gasteiger partial charge in [-0.3, -0.25) is 4.90 Å². The molecule has 0 atom stereocenters. The van der Waals surface area contributed by atoms with E-state index in [1.165, 1.54) is 23.9 Å². The Morgan fingerprint density at radius 3 is 2.59 bits per heavy atom. The Kier molecular flexibility index (Phi) is 6.98. The highest BCUT2D eigenvalue weighted by Gasteiger charge is 2.18. The summed E-state index contributed by atoms with van der Waals surface area (Å²) < 4.78 is 26.5. The molecule has 0 saturated carbocycles. The summed E-state index contributed by atoms with van der Waals surface area (Å²) in [5.41, 5.74) is 2.87. The number of benzene rings is 2. The molecule has 2 aromatic heterocycles. The second-order valence-corrected chi connectivity index (χ2v) is 8.98. The minimum atomic E-state index is -0.279. The summed E-state index contributed by atoms with van der Waals surface area (Å²) in [6.45, 7) is 6.87. The molecule has 3 heterocycles. The van der Waals surface area contributed by atoms with E-state index in [1.807, 2.05) is 31.2 Å².